The second-order valence-electron chi connectivity index (χ2n) is 4.83. The highest BCUT2D eigenvalue weighted by molar-refractivity contribution is 7.98. The molecule has 0 saturated carbocycles. The average Bonchev–Trinajstić information content (AvgIpc) is 2.95. The van der Waals surface area contributed by atoms with Crippen LogP contribution in [-0.4, -0.2) is 22.1 Å². The van der Waals surface area contributed by atoms with E-state index in [9.17, 15) is 4.79 Å². The number of hydrogen-bond donors (Lipinski definition) is 2. The van der Waals surface area contributed by atoms with Gasteiger partial charge in [-0.15, -0.1) is 11.8 Å². The van der Waals surface area contributed by atoms with E-state index in [1.165, 1.54) is 11.0 Å². The summed E-state index contributed by atoms with van der Waals surface area (Å²) in [4.78, 5) is 19.6. The van der Waals surface area contributed by atoms with Gasteiger partial charge in [-0.1, -0.05) is 12.1 Å². The SMILES string of the molecule is CSc1ccc(-c2cnc3[nH]cc(C=CC(N)=O)c3c2)cc1. The first-order valence-electron chi connectivity index (χ1n) is 6.76. The number of rotatable bonds is 4. The highest BCUT2D eigenvalue weighted by Crippen LogP contribution is 2.27. The molecule has 2 aromatic heterocycles. The van der Waals surface area contributed by atoms with Gasteiger partial charge in [0, 0.05) is 39.9 Å². The molecule has 0 aliphatic carbocycles. The van der Waals surface area contributed by atoms with Crippen LogP contribution in [0.4, 0.5) is 0 Å². The van der Waals surface area contributed by atoms with Crippen LogP contribution in [0.1, 0.15) is 5.56 Å². The predicted octanol–water partition coefficient (Wildman–Crippen LogP) is 3.45. The average molecular weight is 309 g/mol. The van der Waals surface area contributed by atoms with Crippen LogP contribution in [-0.2, 0) is 4.79 Å². The number of aromatic nitrogens is 2. The summed E-state index contributed by atoms with van der Waals surface area (Å²) in [5, 5.41) is 0.962. The molecule has 2 heterocycles. The molecule has 0 fully saturated rings. The van der Waals surface area contributed by atoms with Crippen molar-refractivity contribution in [2.75, 3.05) is 6.26 Å². The smallest absolute Gasteiger partial charge is 0.241 e. The monoisotopic (exact) mass is 309 g/mol. The van der Waals surface area contributed by atoms with E-state index in [0.717, 1.165) is 27.7 Å². The third kappa shape index (κ3) is 2.89. The van der Waals surface area contributed by atoms with Crippen LogP contribution in [0, 0.1) is 0 Å². The lowest BCUT2D eigenvalue weighted by Crippen LogP contribution is -2.04. The molecule has 0 saturated heterocycles. The first kappa shape index (κ1) is 14.4. The van der Waals surface area contributed by atoms with Crippen LogP contribution < -0.4 is 5.73 Å². The van der Waals surface area contributed by atoms with Gasteiger partial charge in [0.1, 0.15) is 5.65 Å². The fourth-order valence-electron chi connectivity index (χ4n) is 2.27. The van der Waals surface area contributed by atoms with Crippen LogP contribution in [0.2, 0.25) is 0 Å². The Hall–Kier alpha value is -2.53. The van der Waals surface area contributed by atoms with E-state index in [1.54, 1.807) is 17.8 Å². The number of thioether (sulfide) groups is 1. The zero-order valence-electron chi connectivity index (χ0n) is 12.0. The molecule has 5 heteroatoms. The van der Waals surface area contributed by atoms with E-state index in [2.05, 4.69) is 46.6 Å². The summed E-state index contributed by atoms with van der Waals surface area (Å²) in [6.45, 7) is 0. The van der Waals surface area contributed by atoms with Gasteiger partial charge in [-0.25, -0.2) is 4.98 Å². The maximum absolute atomic E-state index is 10.9. The lowest BCUT2D eigenvalue weighted by Gasteiger charge is -2.03. The summed E-state index contributed by atoms with van der Waals surface area (Å²) < 4.78 is 0. The number of nitrogens with zero attached hydrogens (tertiary/aromatic N) is 1. The molecule has 0 aliphatic rings. The minimum absolute atomic E-state index is 0.467. The summed E-state index contributed by atoms with van der Waals surface area (Å²) >= 11 is 1.71. The molecule has 1 aromatic carbocycles. The molecule has 0 radical (unpaired) electrons. The Kier molecular flexibility index (Phi) is 3.98. The zero-order chi connectivity index (χ0) is 15.5. The number of benzene rings is 1. The van der Waals surface area contributed by atoms with E-state index in [4.69, 9.17) is 5.73 Å². The van der Waals surface area contributed by atoms with Gasteiger partial charge in [0.05, 0.1) is 0 Å². The number of carbonyl (C=O) groups is 1. The zero-order valence-corrected chi connectivity index (χ0v) is 12.9. The van der Waals surface area contributed by atoms with Gasteiger partial charge in [-0.2, -0.15) is 0 Å². The molecule has 3 aromatic rings. The molecular weight excluding hydrogens is 294 g/mol. The van der Waals surface area contributed by atoms with Crippen LogP contribution in [0.5, 0.6) is 0 Å². The fraction of sp³-hybridized carbons (Fsp3) is 0.0588. The summed E-state index contributed by atoms with van der Waals surface area (Å²) in [6.07, 6.45) is 8.76. The van der Waals surface area contributed by atoms with Crippen molar-refractivity contribution in [1.29, 1.82) is 0 Å². The van der Waals surface area contributed by atoms with E-state index in [-0.39, 0.29) is 0 Å². The van der Waals surface area contributed by atoms with Crippen LogP contribution in [0.15, 0.2) is 53.7 Å². The molecule has 0 bridgehead atoms. The molecule has 4 nitrogen and oxygen atoms in total. The second kappa shape index (κ2) is 6.07. The number of nitrogens with one attached hydrogen (secondary N) is 1. The number of primary amides is 1. The number of aromatic amines is 1. The third-order valence-electron chi connectivity index (χ3n) is 3.41. The lowest BCUT2D eigenvalue weighted by atomic mass is 10.1. The van der Waals surface area contributed by atoms with E-state index >= 15 is 0 Å². The predicted molar refractivity (Wildman–Crippen MR) is 91.5 cm³/mol. The van der Waals surface area contributed by atoms with Crippen molar-refractivity contribution in [3.63, 3.8) is 0 Å². The van der Waals surface area contributed by atoms with Gasteiger partial charge < -0.3 is 10.7 Å². The van der Waals surface area contributed by atoms with Crippen molar-refractivity contribution in [2.24, 2.45) is 5.73 Å². The number of nitrogens with two attached hydrogens (primary N) is 1. The highest BCUT2D eigenvalue weighted by atomic mass is 32.2. The number of H-pyrrole nitrogens is 1. The van der Waals surface area contributed by atoms with Gasteiger partial charge >= 0.3 is 0 Å². The van der Waals surface area contributed by atoms with Gasteiger partial charge in [0.25, 0.3) is 0 Å². The van der Waals surface area contributed by atoms with Crippen molar-refractivity contribution in [1.82, 2.24) is 9.97 Å². The lowest BCUT2D eigenvalue weighted by molar-refractivity contribution is -0.113. The minimum atomic E-state index is -0.467. The van der Waals surface area contributed by atoms with Gasteiger partial charge in [0.15, 0.2) is 0 Å². The Balaban J connectivity index is 2.03. The van der Waals surface area contributed by atoms with Gasteiger partial charge in [0.2, 0.25) is 5.91 Å². The molecule has 22 heavy (non-hydrogen) atoms. The van der Waals surface area contributed by atoms with Crippen molar-refractivity contribution < 1.29 is 4.79 Å². The van der Waals surface area contributed by atoms with Crippen LogP contribution in [0.3, 0.4) is 0 Å². The fourth-order valence-corrected chi connectivity index (χ4v) is 2.68. The summed E-state index contributed by atoms with van der Waals surface area (Å²) in [5.74, 6) is -0.467. The number of hydrogen-bond acceptors (Lipinski definition) is 3. The van der Waals surface area contributed by atoms with Crippen LogP contribution >= 0.6 is 11.8 Å². The van der Waals surface area contributed by atoms with Crippen molar-refractivity contribution in [2.45, 2.75) is 4.90 Å². The van der Waals surface area contributed by atoms with Crippen molar-refractivity contribution in [3.8, 4) is 11.1 Å². The maximum Gasteiger partial charge on any atom is 0.241 e. The van der Waals surface area contributed by atoms with Crippen molar-refractivity contribution in [3.05, 3.63) is 54.4 Å². The summed E-state index contributed by atoms with van der Waals surface area (Å²) in [7, 11) is 0. The molecule has 3 rings (SSSR count). The first-order chi connectivity index (χ1) is 10.7. The third-order valence-corrected chi connectivity index (χ3v) is 4.16. The first-order valence-corrected chi connectivity index (χ1v) is 7.99. The normalized spacial score (nSPS) is 11.3. The summed E-state index contributed by atoms with van der Waals surface area (Å²) in [5.41, 5.74) is 8.97. The van der Waals surface area contributed by atoms with Crippen LogP contribution in [0.25, 0.3) is 28.2 Å². The molecule has 0 aliphatic heterocycles. The Morgan fingerprint density at radius 3 is 2.73 bits per heavy atom. The molecule has 0 unspecified atom stereocenters. The quantitative estimate of drug-likeness (QED) is 0.573. The number of pyridine rings is 1. The maximum atomic E-state index is 10.9. The summed E-state index contributed by atoms with van der Waals surface area (Å²) in [6, 6.07) is 10.4. The molecule has 110 valence electrons. The Morgan fingerprint density at radius 1 is 1.27 bits per heavy atom. The Bertz CT molecular complexity index is 850. The van der Waals surface area contributed by atoms with E-state index in [0.29, 0.717) is 0 Å². The minimum Gasteiger partial charge on any atom is -0.366 e. The molecule has 1 amide bonds. The number of fused-ring (bicyclic) bond motifs is 1. The Morgan fingerprint density at radius 2 is 2.05 bits per heavy atom. The largest absolute Gasteiger partial charge is 0.366 e. The molecule has 3 N–H and O–H groups in total. The topological polar surface area (TPSA) is 71.8 Å². The second-order valence-corrected chi connectivity index (χ2v) is 5.71. The van der Waals surface area contributed by atoms with E-state index in [1.807, 2.05) is 12.4 Å². The Labute approximate surface area is 132 Å². The van der Waals surface area contributed by atoms with Crippen molar-refractivity contribution >= 4 is 34.8 Å². The highest BCUT2D eigenvalue weighted by Gasteiger charge is 2.06. The standard InChI is InChI=1S/C17H15N3OS/c1-22-14-5-2-11(3-6-14)13-8-15-12(4-7-16(18)21)9-19-17(15)20-10-13/h2-10H,1H3,(H2,18,21)(H,19,20). The van der Waals surface area contributed by atoms with Gasteiger partial charge in [-0.3, -0.25) is 4.79 Å². The van der Waals surface area contributed by atoms with Gasteiger partial charge in [-0.05, 0) is 36.1 Å². The molecule has 0 atom stereocenters. The molecule has 0 spiro atoms. The number of amides is 1. The number of carbonyl (C=O) groups excluding carboxylic acids is 1. The van der Waals surface area contributed by atoms with E-state index < -0.39 is 5.91 Å². The molecular formula is C17H15N3OS.